The lowest BCUT2D eigenvalue weighted by Crippen LogP contribution is -2.24. The lowest BCUT2D eigenvalue weighted by atomic mass is 10.1. The number of para-hydroxylation sites is 1. The molecule has 1 aromatic heterocycles. The molecule has 3 rings (SSSR count). The fourth-order valence-corrected chi connectivity index (χ4v) is 2.57. The third kappa shape index (κ3) is 5.25. The van der Waals surface area contributed by atoms with Crippen molar-refractivity contribution in [1.82, 2.24) is 10.3 Å². The third-order valence-corrected chi connectivity index (χ3v) is 4.18. The molecule has 2 aromatic rings. The van der Waals surface area contributed by atoms with Crippen LogP contribution in [0.25, 0.3) is 0 Å². The van der Waals surface area contributed by atoms with Crippen molar-refractivity contribution in [2.75, 3.05) is 17.7 Å². The SMILES string of the molecule is CNC(=O)c1cnc(NC(=O)C2CC2)cc1NC(=O)c1ccccc1OC(F)(F)F. The van der Waals surface area contributed by atoms with Gasteiger partial charge in [0.15, 0.2) is 0 Å². The largest absolute Gasteiger partial charge is 0.573 e. The Hall–Kier alpha value is -3.63. The molecule has 0 radical (unpaired) electrons. The predicted molar refractivity (Wildman–Crippen MR) is 100 cm³/mol. The lowest BCUT2D eigenvalue weighted by molar-refractivity contribution is -0.274. The van der Waals surface area contributed by atoms with Crippen LogP contribution in [0.5, 0.6) is 5.75 Å². The van der Waals surface area contributed by atoms with Crippen LogP contribution in [0, 0.1) is 5.92 Å². The quantitative estimate of drug-likeness (QED) is 0.663. The van der Waals surface area contributed by atoms with Crippen molar-refractivity contribution in [2.24, 2.45) is 5.92 Å². The summed E-state index contributed by atoms with van der Waals surface area (Å²) in [6, 6.07) is 6.05. The van der Waals surface area contributed by atoms with E-state index < -0.39 is 29.5 Å². The highest BCUT2D eigenvalue weighted by Gasteiger charge is 2.33. The minimum atomic E-state index is -4.99. The lowest BCUT2D eigenvalue weighted by Gasteiger charge is -2.15. The molecule has 3 N–H and O–H groups in total. The van der Waals surface area contributed by atoms with Crippen LogP contribution in [0.3, 0.4) is 0 Å². The number of anilines is 2. The summed E-state index contributed by atoms with van der Waals surface area (Å²) in [5.41, 5.74) is -0.468. The van der Waals surface area contributed by atoms with E-state index >= 15 is 0 Å². The summed E-state index contributed by atoms with van der Waals surface area (Å²) < 4.78 is 41.7. The average Bonchev–Trinajstić information content (AvgIpc) is 3.52. The maximum Gasteiger partial charge on any atom is 0.573 e. The second kappa shape index (κ2) is 8.39. The summed E-state index contributed by atoms with van der Waals surface area (Å²) in [6.45, 7) is 0. The minimum Gasteiger partial charge on any atom is -0.405 e. The Morgan fingerprint density at radius 2 is 1.77 bits per heavy atom. The second-order valence-electron chi connectivity index (χ2n) is 6.46. The summed E-state index contributed by atoms with van der Waals surface area (Å²) in [4.78, 5) is 40.7. The molecule has 1 aliphatic carbocycles. The first-order valence-corrected chi connectivity index (χ1v) is 8.87. The number of hydrogen-bond acceptors (Lipinski definition) is 5. The van der Waals surface area contributed by atoms with Gasteiger partial charge in [-0.2, -0.15) is 0 Å². The first-order chi connectivity index (χ1) is 14.2. The Kier molecular flexibility index (Phi) is 5.90. The van der Waals surface area contributed by atoms with E-state index in [2.05, 4.69) is 25.7 Å². The Morgan fingerprint density at radius 3 is 2.40 bits per heavy atom. The van der Waals surface area contributed by atoms with Crippen LogP contribution < -0.4 is 20.7 Å². The number of ether oxygens (including phenoxy) is 1. The van der Waals surface area contributed by atoms with Gasteiger partial charge in [-0.1, -0.05) is 12.1 Å². The predicted octanol–water partition coefficient (Wildman–Crippen LogP) is 2.94. The van der Waals surface area contributed by atoms with Crippen LogP contribution in [0.4, 0.5) is 24.7 Å². The average molecular weight is 422 g/mol. The number of rotatable bonds is 6. The van der Waals surface area contributed by atoms with Gasteiger partial charge in [-0.05, 0) is 25.0 Å². The molecule has 0 bridgehead atoms. The van der Waals surface area contributed by atoms with Gasteiger partial charge in [0.05, 0.1) is 16.8 Å². The van der Waals surface area contributed by atoms with Crippen LogP contribution >= 0.6 is 0 Å². The molecule has 0 unspecified atom stereocenters. The number of amides is 3. The van der Waals surface area contributed by atoms with Crippen LogP contribution in [-0.2, 0) is 4.79 Å². The third-order valence-electron chi connectivity index (χ3n) is 4.18. The molecule has 8 nitrogen and oxygen atoms in total. The molecule has 0 aliphatic heterocycles. The van der Waals surface area contributed by atoms with E-state index in [-0.39, 0.29) is 28.9 Å². The standard InChI is InChI=1S/C19H17F3N4O4/c1-23-17(28)12-9-24-15(26-16(27)10-6-7-10)8-13(12)25-18(29)11-4-2-3-5-14(11)30-19(20,21)22/h2-5,8-10H,6-7H2,1H3,(H,23,28)(H2,24,25,26,27,29). The van der Waals surface area contributed by atoms with Gasteiger partial charge >= 0.3 is 6.36 Å². The Balaban J connectivity index is 1.89. The van der Waals surface area contributed by atoms with Gasteiger partial charge in [-0.3, -0.25) is 14.4 Å². The van der Waals surface area contributed by atoms with E-state index in [0.717, 1.165) is 31.2 Å². The number of nitrogens with zero attached hydrogens (tertiary/aromatic N) is 1. The molecule has 1 fully saturated rings. The number of pyridine rings is 1. The van der Waals surface area contributed by atoms with Crippen LogP contribution in [0.1, 0.15) is 33.6 Å². The Labute approximate surface area is 168 Å². The van der Waals surface area contributed by atoms with Crippen molar-refractivity contribution in [1.29, 1.82) is 0 Å². The molecule has 1 aromatic carbocycles. The zero-order valence-corrected chi connectivity index (χ0v) is 15.7. The summed E-state index contributed by atoms with van der Waals surface area (Å²) >= 11 is 0. The smallest absolute Gasteiger partial charge is 0.405 e. The van der Waals surface area contributed by atoms with Crippen molar-refractivity contribution in [3.63, 3.8) is 0 Å². The molecule has 1 aliphatic rings. The van der Waals surface area contributed by atoms with Gasteiger partial charge < -0.3 is 20.7 Å². The first kappa shape index (κ1) is 21.1. The van der Waals surface area contributed by atoms with Crippen LogP contribution in [0.15, 0.2) is 36.5 Å². The van der Waals surface area contributed by atoms with E-state index in [1.165, 1.54) is 25.2 Å². The molecular formula is C19H17F3N4O4. The number of carbonyl (C=O) groups excluding carboxylic acids is 3. The first-order valence-electron chi connectivity index (χ1n) is 8.87. The fraction of sp³-hybridized carbons (Fsp3) is 0.263. The highest BCUT2D eigenvalue weighted by atomic mass is 19.4. The number of alkyl halides is 3. The number of carbonyl (C=O) groups is 3. The topological polar surface area (TPSA) is 109 Å². The summed E-state index contributed by atoms with van der Waals surface area (Å²) in [7, 11) is 1.36. The van der Waals surface area contributed by atoms with E-state index in [1.54, 1.807) is 0 Å². The molecule has 0 atom stereocenters. The maximum absolute atomic E-state index is 12.6. The molecule has 1 saturated carbocycles. The monoisotopic (exact) mass is 422 g/mol. The molecular weight excluding hydrogens is 405 g/mol. The highest BCUT2D eigenvalue weighted by Crippen LogP contribution is 2.31. The van der Waals surface area contributed by atoms with Crippen molar-refractivity contribution < 1.29 is 32.3 Å². The van der Waals surface area contributed by atoms with Crippen molar-refractivity contribution in [3.8, 4) is 5.75 Å². The number of benzene rings is 1. The maximum atomic E-state index is 12.6. The molecule has 0 saturated heterocycles. The summed E-state index contributed by atoms with van der Waals surface area (Å²) in [5, 5.41) is 7.34. The number of hydrogen-bond donors (Lipinski definition) is 3. The number of aromatic nitrogens is 1. The summed E-state index contributed by atoms with van der Waals surface area (Å²) in [6.07, 6.45) is -2.31. The van der Waals surface area contributed by atoms with E-state index in [0.29, 0.717) is 0 Å². The Bertz CT molecular complexity index is 990. The molecule has 30 heavy (non-hydrogen) atoms. The van der Waals surface area contributed by atoms with E-state index in [9.17, 15) is 27.6 Å². The van der Waals surface area contributed by atoms with Crippen LogP contribution in [0.2, 0.25) is 0 Å². The fourth-order valence-electron chi connectivity index (χ4n) is 2.57. The van der Waals surface area contributed by atoms with E-state index in [4.69, 9.17) is 0 Å². The minimum absolute atomic E-state index is 0.0375. The van der Waals surface area contributed by atoms with Gasteiger partial charge in [0, 0.05) is 25.2 Å². The molecule has 3 amide bonds. The van der Waals surface area contributed by atoms with Crippen molar-refractivity contribution >= 4 is 29.2 Å². The van der Waals surface area contributed by atoms with Crippen molar-refractivity contribution in [3.05, 3.63) is 47.7 Å². The second-order valence-corrected chi connectivity index (χ2v) is 6.46. The van der Waals surface area contributed by atoms with Crippen molar-refractivity contribution in [2.45, 2.75) is 19.2 Å². The molecule has 11 heteroatoms. The zero-order valence-electron chi connectivity index (χ0n) is 15.7. The zero-order chi connectivity index (χ0) is 21.9. The molecule has 1 heterocycles. The summed E-state index contributed by atoms with van der Waals surface area (Å²) in [5.74, 6) is -2.47. The van der Waals surface area contributed by atoms with Gasteiger partial charge in [0.25, 0.3) is 11.8 Å². The van der Waals surface area contributed by atoms with Gasteiger partial charge in [-0.15, -0.1) is 13.2 Å². The number of halogens is 3. The number of nitrogens with one attached hydrogen (secondary N) is 3. The molecule has 158 valence electrons. The Morgan fingerprint density at radius 1 is 1.07 bits per heavy atom. The highest BCUT2D eigenvalue weighted by molar-refractivity contribution is 6.10. The molecule has 0 spiro atoms. The van der Waals surface area contributed by atoms with Gasteiger partial charge in [0.2, 0.25) is 5.91 Å². The van der Waals surface area contributed by atoms with Crippen LogP contribution in [-0.4, -0.2) is 36.1 Å². The van der Waals surface area contributed by atoms with E-state index in [1.807, 2.05) is 0 Å². The van der Waals surface area contributed by atoms with Gasteiger partial charge in [-0.25, -0.2) is 4.98 Å². The van der Waals surface area contributed by atoms with Gasteiger partial charge in [0.1, 0.15) is 11.6 Å². The normalized spacial score (nSPS) is 13.3.